The van der Waals surface area contributed by atoms with Crippen LogP contribution in [-0.4, -0.2) is 62.2 Å². The van der Waals surface area contributed by atoms with Gasteiger partial charge in [-0.25, -0.2) is 0 Å². The molecule has 35 heavy (non-hydrogen) atoms. The normalized spacial score (nSPS) is 14.8. The monoisotopic (exact) mass is 480 g/mol. The molecule has 1 heterocycles. The minimum Gasteiger partial charge on any atom is -0.504 e. The number of phenolic OH excluding ortho intramolecular Hbond substituents is 1. The average Bonchev–Trinajstić information content (AvgIpc) is 3.38. The number of nitrogens with two attached hydrogens (primary N) is 2. The van der Waals surface area contributed by atoms with Crippen molar-refractivity contribution >= 4 is 11.4 Å². The Hall–Kier alpha value is -3.49. The Morgan fingerprint density at radius 3 is 2.63 bits per heavy atom. The Morgan fingerprint density at radius 2 is 1.86 bits per heavy atom. The number of anilines is 1. The maximum atomic E-state index is 10.1. The van der Waals surface area contributed by atoms with E-state index in [0.29, 0.717) is 37.0 Å². The lowest BCUT2D eigenvalue weighted by Crippen LogP contribution is -2.25. The number of likely N-dealkylation sites (tertiary alicyclic amines) is 1. The molecule has 0 unspecified atom stereocenters. The zero-order valence-electron chi connectivity index (χ0n) is 20.4. The Labute approximate surface area is 207 Å². The van der Waals surface area contributed by atoms with Gasteiger partial charge in [-0.1, -0.05) is 6.08 Å². The summed E-state index contributed by atoms with van der Waals surface area (Å²) in [5.74, 6) is 1.24. The van der Waals surface area contributed by atoms with E-state index in [2.05, 4.69) is 9.89 Å². The van der Waals surface area contributed by atoms with Crippen molar-refractivity contribution in [2.45, 2.75) is 19.4 Å². The number of aromatic hydroxyl groups is 1. The summed E-state index contributed by atoms with van der Waals surface area (Å²) in [6.45, 7) is 4.98. The molecule has 0 radical (unpaired) electrons. The van der Waals surface area contributed by atoms with Crippen LogP contribution in [0.1, 0.15) is 24.0 Å². The molecule has 0 spiro atoms. The zero-order chi connectivity index (χ0) is 24.9. The molecule has 0 aromatic heterocycles. The second-order valence-corrected chi connectivity index (χ2v) is 8.21. The number of nitrogens with zero attached hydrogens (tertiary/aromatic N) is 2. The van der Waals surface area contributed by atoms with Crippen LogP contribution in [0.2, 0.25) is 0 Å². The summed E-state index contributed by atoms with van der Waals surface area (Å²) in [5, 5.41) is 10.1. The number of allylic oxidation sites excluding steroid dienone is 1. The maximum Gasteiger partial charge on any atom is 0.162 e. The first-order chi connectivity index (χ1) is 17.1. The fourth-order valence-corrected chi connectivity index (χ4v) is 3.83. The number of hydrogen-bond acceptors (Lipinski definition) is 8. The van der Waals surface area contributed by atoms with Gasteiger partial charge in [-0.05, 0) is 80.7 Å². The van der Waals surface area contributed by atoms with Crippen LogP contribution >= 0.6 is 0 Å². The minimum absolute atomic E-state index is 0.0597. The van der Waals surface area contributed by atoms with Gasteiger partial charge in [0.2, 0.25) is 0 Å². The van der Waals surface area contributed by atoms with Crippen molar-refractivity contribution in [3.8, 4) is 17.2 Å². The van der Waals surface area contributed by atoms with Crippen LogP contribution in [0.25, 0.3) is 0 Å². The maximum absolute atomic E-state index is 10.1. The summed E-state index contributed by atoms with van der Waals surface area (Å²) in [6.07, 6.45) is 9.37. The lowest BCUT2D eigenvalue weighted by molar-refractivity contribution is 0.144. The van der Waals surface area contributed by atoms with Gasteiger partial charge in [-0.15, -0.1) is 0 Å². The van der Waals surface area contributed by atoms with Crippen molar-refractivity contribution < 1.29 is 19.3 Å². The molecule has 8 nitrogen and oxygen atoms in total. The second-order valence-electron chi connectivity index (χ2n) is 8.21. The molecule has 1 saturated heterocycles. The third-order valence-electron chi connectivity index (χ3n) is 5.67. The Kier molecular flexibility index (Phi) is 10.5. The van der Waals surface area contributed by atoms with Crippen molar-refractivity contribution in [3.05, 3.63) is 72.0 Å². The molecule has 3 rings (SSSR count). The standard InChI is InChI=1S/C27H36N4O4/c1-30-24(10-11-28)21-6-8-25(32)27(19-21)34-16-5-4-15-33-20-22-18-23(29)7-9-26(22)35-17-14-31-12-2-3-13-31/h4-11,18-19,32H,2-3,12-17,20,28-29H2,1H3/b5-4-,11-10-,30-24?. The number of phenols is 1. The van der Waals surface area contributed by atoms with Gasteiger partial charge in [-0.3, -0.25) is 9.89 Å². The van der Waals surface area contributed by atoms with E-state index in [9.17, 15) is 5.11 Å². The molecule has 1 aliphatic rings. The summed E-state index contributed by atoms with van der Waals surface area (Å²) < 4.78 is 17.5. The average molecular weight is 481 g/mol. The number of ether oxygens (including phenoxy) is 3. The van der Waals surface area contributed by atoms with Crippen molar-refractivity contribution in [2.24, 2.45) is 10.7 Å². The molecule has 2 aromatic rings. The van der Waals surface area contributed by atoms with Crippen LogP contribution in [0, 0.1) is 0 Å². The molecule has 1 aliphatic heterocycles. The van der Waals surface area contributed by atoms with Gasteiger partial charge in [0.05, 0.1) is 18.9 Å². The number of aliphatic imine (C=N–C) groups is 1. The molecule has 0 bridgehead atoms. The highest BCUT2D eigenvalue weighted by molar-refractivity contribution is 6.08. The van der Waals surface area contributed by atoms with Crippen LogP contribution in [0.4, 0.5) is 5.69 Å². The highest BCUT2D eigenvalue weighted by Crippen LogP contribution is 2.27. The van der Waals surface area contributed by atoms with E-state index in [4.69, 9.17) is 25.7 Å². The topological polar surface area (TPSA) is 116 Å². The van der Waals surface area contributed by atoms with Crippen LogP contribution in [0.15, 0.2) is 65.8 Å². The fourth-order valence-electron chi connectivity index (χ4n) is 3.83. The third kappa shape index (κ3) is 8.35. The Balaban J connectivity index is 1.43. The van der Waals surface area contributed by atoms with E-state index in [1.54, 1.807) is 31.3 Å². The highest BCUT2D eigenvalue weighted by atomic mass is 16.5. The van der Waals surface area contributed by atoms with Gasteiger partial charge in [0.25, 0.3) is 0 Å². The first kappa shape index (κ1) is 26.1. The smallest absolute Gasteiger partial charge is 0.162 e. The molecular weight excluding hydrogens is 444 g/mol. The van der Waals surface area contributed by atoms with E-state index >= 15 is 0 Å². The van der Waals surface area contributed by atoms with Crippen molar-refractivity contribution in [1.82, 2.24) is 4.90 Å². The molecule has 0 saturated carbocycles. The predicted molar refractivity (Wildman–Crippen MR) is 140 cm³/mol. The number of hydrogen-bond donors (Lipinski definition) is 3. The van der Waals surface area contributed by atoms with E-state index in [1.807, 2.05) is 30.4 Å². The van der Waals surface area contributed by atoms with E-state index in [-0.39, 0.29) is 12.4 Å². The molecule has 1 fully saturated rings. The van der Waals surface area contributed by atoms with Crippen molar-refractivity contribution in [3.63, 3.8) is 0 Å². The van der Waals surface area contributed by atoms with Crippen LogP contribution in [0.5, 0.6) is 17.2 Å². The summed E-state index contributed by atoms with van der Waals surface area (Å²) in [6, 6.07) is 10.7. The molecular formula is C27H36N4O4. The van der Waals surface area contributed by atoms with E-state index < -0.39 is 0 Å². The number of rotatable bonds is 13. The third-order valence-corrected chi connectivity index (χ3v) is 5.67. The number of nitrogen functional groups attached to an aromatic ring is 1. The lowest BCUT2D eigenvalue weighted by atomic mass is 10.1. The Bertz CT molecular complexity index is 1030. The molecule has 5 N–H and O–H groups in total. The van der Waals surface area contributed by atoms with Crippen LogP contribution in [-0.2, 0) is 11.3 Å². The quantitative estimate of drug-likeness (QED) is 0.174. The zero-order valence-corrected chi connectivity index (χ0v) is 20.4. The molecule has 2 aromatic carbocycles. The van der Waals surface area contributed by atoms with Gasteiger partial charge >= 0.3 is 0 Å². The van der Waals surface area contributed by atoms with Gasteiger partial charge in [0, 0.05) is 30.4 Å². The number of benzene rings is 2. The molecule has 0 amide bonds. The van der Waals surface area contributed by atoms with Gasteiger partial charge in [-0.2, -0.15) is 0 Å². The lowest BCUT2D eigenvalue weighted by Gasteiger charge is -2.17. The predicted octanol–water partition coefficient (Wildman–Crippen LogP) is 3.49. The highest BCUT2D eigenvalue weighted by Gasteiger charge is 2.12. The molecule has 8 heteroatoms. The summed E-state index contributed by atoms with van der Waals surface area (Å²) >= 11 is 0. The summed E-state index contributed by atoms with van der Waals surface area (Å²) in [5.41, 5.74) is 14.5. The first-order valence-corrected chi connectivity index (χ1v) is 11.9. The molecule has 0 atom stereocenters. The SMILES string of the molecule is CN=C(/C=C\N)c1ccc(O)c(OC/C=C\COCc2cc(N)ccc2OCCN2CCCC2)c1. The summed E-state index contributed by atoms with van der Waals surface area (Å²) in [4.78, 5) is 6.60. The minimum atomic E-state index is 0.0597. The molecule has 0 aliphatic carbocycles. The van der Waals surface area contributed by atoms with Gasteiger partial charge in [0.15, 0.2) is 11.5 Å². The van der Waals surface area contributed by atoms with E-state index in [1.165, 1.54) is 19.0 Å². The van der Waals surface area contributed by atoms with Crippen molar-refractivity contribution in [1.29, 1.82) is 0 Å². The van der Waals surface area contributed by atoms with Gasteiger partial charge in [0.1, 0.15) is 19.0 Å². The van der Waals surface area contributed by atoms with E-state index in [0.717, 1.165) is 36.5 Å². The van der Waals surface area contributed by atoms with Crippen LogP contribution in [0.3, 0.4) is 0 Å². The summed E-state index contributed by atoms with van der Waals surface area (Å²) in [7, 11) is 1.68. The second kappa shape index (κ2) is 14.0. The Morgan fingerprint density at radius 1 is 1.06 bits per heavy atom. The van der Waals surface area contributed by atoms with Crippen molar-refractivity contribution in [2.75, 3.05) is 52.2 Å². The fraction of sp³-hybridized carbons (Fsp3) is 0.370. The van der Waals surface area contributed by atoms with Crippen LogP contribution < -0.4 is 20.9 Å². The molecule has 188 valence electrons. The largest absolute Gasteiger partial charge is 0.504 e. The van der Waals surface area contributed by atoms with Gasteiger partial charge < -0.3 is 30.8 Å². The first-order valence-electron chi connectivity index (χ1n) is 11.9.